The van der Waals surface area contributed by atoms with Crippen LogP contribution in [0.5, 0.6) is 0 Å². The molecule has 0 aromatic carbocycles. The number of likely N-dealkylation sites (tertiary alicyclic amines) is 1. The fourth-order valence-electron chi connectivity index (χ4n) is 2.42. The minimum atomic E-state index is -1.08. The molecule has 0 aliphatic carbocycles. The summed E-state index contributed by atoms with van der Waals surface area (Å²) in [6, 6.07) is -1.06. The Bertz CT molecular complexity index is 416. The maximum atomic E-state index is 12.7. The van der Waals surface area contributed by atoms with E-state index in [1.807, 2.05) is 0 Å². The Balaban J connectivity index is 2.99. The number of methoxy groups -OCH3 is 1. The second kappa shape index (κ2) is 6.78. The van der Waals surface area contributed by atoms with Gasteiger partial charge in [-0.2, -0.15) is 0 Å². The number of amides is 2. The van der Waals surface area contributed by atoms with Crippen LogP contribution in [0.4, 0.5) is 4.79 Å². The van der Waals surface area contributed by atoms with Crippen molar-refractivity contribution in [3.63, 3.8) is 0 Å². The van der Waals surface area contributed by atoms with Crippen molar-refractivity contribution < 1.29 is 24.2 Å². The number of hydrogen-bond donors (Lipinski definition) is 1. The van der Waals surface area contributed by atoms with Crippen LogP contribution in [-0.4, -0.2) is 64.7 Å². The molecular weight excluding hydrogens is 276 g/mol. The summed E-state index contributed by atoms with van der Waals surface area (Å²) in [5, 5.41) is 9.01. The van der Waals surface area contributed by atoms with Crippen LogP contribution in [0.15, 0.2) is 0 Å². The summed E-state index contributed by atoms with van der Waals surface area (Å²) in [5.41, 5.74) is -0.645. The van der Waals surface area contributed by atoms with Crippen molar-refractivity contribution in [1.29, 1.82) is 0 Å². The van der Waals surface area contributed by atoms with E-state index in [1.165, 1.54) is 16.9 Å². The minimum absolute atomic E-state index is 0.396. The van der Waals surface area contributed by atoms with E-state index in [0.717, 1.165) is 12.8 Å². The number of ether oxygens (including phenoxy) is 1. The fourth-order valence-corrected chi connectivity index (χ4v) is 2.42. The monoisotopic (exact) mass is 300 g/mol. The zero-order valence-corrected chi connectivity index (χ0v) is 13.1. The van der Waals surface area contributed by atoms with Crippen molar-refractivity contribution in [1.82, 2.24) is 9.80 Å². The SMILES string of the molecule is COC(=O)C1CCCCN1C(=O)N(CC(=O)O)C(C)(C)C. The van der Waals surface area contributed by atoms with Crippen molar-refractivity contribution in [2.24, 2.45) is 0 Å². The first-order valence-corrected chi connectivity index (χ1v) is 7.06. The summed E-state index contributed by atoms with van der Waals surface area (Å²) < 4.78 is 4.75. The van der Waals surface area contributed by atoms with Crippen LogP contribution >= 0.6 is 0 Å². The number of nitrogens with zero attached hydrogens (tertiary/aromatic N) is 2. The average Bonchev–Trinajstić information content (AvgIpc) is 2.41. The summed E-state index contributed by atoms with van der Waals surface area (Å²) in [5.74, 6) is -1.53. The quantitative estimate of drug-likeness (QED) is 0.794. The van der Waals surface area contributed by atoms with Gasteiger partial charge < -0.3 is 19.6 Å². The first kappa shape index (κ1) is 17.3. The number of urea groups is 1. The maximum Gasteiger partial charge on any atom is 0.328 e. The first-order valence-electron chi connectivity index (χ1n) is 7.06. The molecule has 1 unspecified atom stereocenters. The van der Waals surface area contributed by atoms with Crippen LogP contribution in [0, 0.1) is 0 Å². The van der Waals surface area contributed by atoms with Gasteiger partial charge in [0, 0.05) is 12.1 Å². The Hall–Kier alpha value is -1.79. The zero-order chi connectivity index (χ0) is 16.2. The highest BCUT2D eigenvalue weighted by molar-refractivity contribution is 5.86. The molecule has 0 bridgehead atoms. The van der Waals surface area contributed by atoms with E-state index in [-0.39, 0.29) is 0 Å². The van der Waals surface area contributed by atoms with E-state index < -0.39 is 36.1 Å². The lowest BCUT2D eigenvalue weighted by molar-refractivity contribution is -0.147. The van der Waals surface area contributed by atoms with E-state index in [1.54, 1.807) is 20.8 Å². The minimum Gasteiger partial charge on any atom is -0.480 e. The third-order valence-electron chi connectivity index (χ3n) is 3.56. The molecule has 7 heteroatoms. The second-order valence-electron chi connectivity index (χ2n) is 6.16. The van der Waals surface area contributed by atoms with E-state index in [0.29, 0.717) is 13.0 Å². The van der Waals surface area contributed by atoms with E-state index >= 15 is 0 Å². The number of piperidine rings is 1. The van der Waals surface area contributed by atoms with E-state index in [2.05, 4.69) is 0 Å². The molecule has 0 aromatic heterocycles. The second-order valence-corrected chi connectivity index (χ2v) is 6.16. The smallest absolute Gasteiger partial charge is 0.328 e. The summed E-state index contributed by atoms with van der Waals surface area (Å²) in [7, 11) is 1.29. The van der Waals surface area contributed by atoms with Gasteiger partial charge in [0.05, 0.1) is 7.11 Å². The highest BCUT2D eigenvalue weighted by Gasteiger charge is 2.38. The molecular formula is C14H24N2O5. The van der Waals surface area contributed by atoms with Crippen LogP contribution in [0.3, 0.4) is 0 Å². The average molecular weight is 300 g/mol. The molecule has 2 amide bonds. The van der Waals surface area contributed by atoms with Gasteiger partial charge in [-0.25, -0.2) is 9.59 Å². The number of aliphatic carboxylic acids is 1. The van der Waals surface area contributed by atoms with Crippen LogP contribution in [0.2, 0.25) is 0 Å². The summed E-state index contributed by atoms with van der Waals surface area (Å²) in [4.78, 5) is 38.2. The molecule has 1 aliphatic rings. The largest absolute Gasteiger partial charge is 0.480 e. The topological polar surface area (TPSA) is 87.2 Å². The van der Waals surface area contributed by atoms with Crippen molar-refractivity contribution in [3.05, 3.63) is 0 Å². The molecule has 1 saturated heterocycles. The molecule has 0 saturated carbocycles. The number of carbonyl (C=O) groups excluding carboxylic acids is 2. The van der Waals surface area contributed by atoms with Gasteiger partial charge in [-0.15, -0.1) is 0 Å². The third-order valence-corrected chi connectivity index (χ3v) is 3.56. The Labute approximate surface area is 124 Å². The molecule has 21 heavy (non-hydrogen) atoms. The molecule has 1 N–H and O–H groups in total. The Kier molecular flexibility index (Phi) is 5.57. The molecule has 1 heterocycles. The molecule has 7 nitrogen and oxygen atoms in total. The van der Waals surface area contributed by atoms with Crippen LogP contribution in [-0.2, 0) is 14.3 Å². The van der Waals surface area contributed by atoms with Gasteiger partial charge in [0.1, 0.15) is 12.6 Å². The van der Waals surface area contributed by atoms with Gasteiger partial charge in [-0.3, -0.25) is 4.79 Å². The van der Waals surface area contributed by atoms with Crippen LogP contribution in [0.25, 0.3) is 0 Å². The van der Waals surface area contributed by atoms with Gasteiger partial charge in [0.25, 0.3) is 0 Å². The zero-order valence-electron chi connectivity index (χ0n) is 13.1. The summed E-state index contributed by atoms with van der Waals surface area (Å²) in [6.45, 7) is 5.35. The molecule has 1 rings (SSSR count). The van der Waals surface area contributed by atoms with Gasteiger partial charge in [-0.05, 0) is 40.0 Å². The number of carboxylic acids is 1. The molecule has 0 spiro atoms. The Morgan fingerprint density at radius 2 is 1.90 bits per heavy atom. The van der Waals surface area contributed by atoms with Gasteiger partial charge in [0.15, 0.2) is 0 Å². The lowest BCUT2D eigenvalue weighted by Gasteiger charge is -2.42. The lowest BCUT2D eigenvalue weighted by Crippen LogP contribution is -2.58. The lowest BCUT2D eigenvalue weighted by atomic mass is 10.0. The van der Waals surface area contributed by atoms with Gasteiger partial charge >= 0.3 is 18.0 Å². The van der Waals surface area contributed by atoms with Crippen molar-refractivity contribution in [2.45, 2.75) is 51.6 Å². The molecule has 120 valence electrons. The predicted octanol–water partition coefficient (Wildman–Crippen LogP) is 1.32. The third kappa shape index (κ3) is 4.34. The summed E-state index contributed by atoms with van der Waals surface area (Å²) >= 11 is 0. The number of carboxylic acid groups (broad SMARTS) is 1. The molecule has 0 radical (unpaired) electrons. The fraction of sp³-hybridized carbons (Fsp3) is 0.786. The highest BCUT2D eigenvalue weighted by atomic mass is 16.5. The van der Waals surface area contributed by atoms with Crippen molar-refractivity contribution in [3.8, 4) is 0 Å². The Morgan fingerprint density at radius 1 is 1.29 bits per heavy atom. The number of esters is 1. The van der Waals surface area contributed by atoms with E-state index in [9.17, 15) is 14.4 Å². The normalized spacial score (nSPS) is 19.0. The maximum absolute atomic E-state index is 12.7. The summed E-state index contributed by atoms with van der Waals surface area (Å²) in [6.07, 6.45) is 2.19. The number of hydrogen-bond acceptors (Lipinski definition) is 4. The van der Waals surface area contributed by atoms with E-state index in [4.69, 9.17) is 9.84 Å². The molecule has 0 aromatic rings. The van der Waals surface area contributed by atoms with Crippen molar-refractivity contribution >= 4 is 18.0 Å². The molecule has 1 aliphatic heterocycles. The van der Waals surface area contributed by atoms with Gasteiger partial charge in [0.2, 0.25) is 0 Å². The molecule has 1 fully saturated rings. The van der Waals surface area contributed by atoms with Crippen LogP contribution < -0.4 is 0 Å². The standard InChI is InChI=1S/C14H24N2O5/c1-14(2,3)16(9-11(17)18)13(20)15-8-6-5-7-10(15)12(19)21-4/h10H,5-9H2,1-4H3,(H,17,18). The first-order chi connectivity index (χ1) is 9.68. The Morgan fingerprint density at radius 3 is 2.38 bits per heavy atom. The van der Waals surface area contributed by atoms with Gasteiger partial charge in [-0.1, -0.05) is 0 Å². The predicted molar refractivity (Wildman–Crippen MR) is 75.9 cm³/mol. The van der Waals surface area contributed by atoms with Crippen LogP contribution in [0.1, 0.15) is 40.0 Å². The highest BCUT2D eigenvalue weighted by Crippen LogP contribution is 2.23. The number of rotatable bonds is 3. The molecule has 1 atom stereocenters. The van der Waals surface area contributed by atoms with Crippen molar-refractivity contribution in [2.75, 3.05) is 20.2 Å². The number of carbonyl (C=O) groups is 3.